The van der Waals surface area contributed by atoms with E-state index in [1.54, 1.807) is 0 Å². The molecule has 1 rings (SSSR count). The molecule has 0 heterocycles. The standard InChI is InChI=1S/C19H22I3N3O8/c1-8(26)33-7-6-24-17(29)11-13(20)12(15(22)16(23)14(11)21)18(30)25-9(19(31)32)4-2-3-5-10(27)28/h9H,2-7,23H2,1H3,(H,24,29)(H,25,30)(H,27,28)(H,31,32). The van der Waals surface area contributed by atoms with E-state index in [9.17, 15) is 29.1 Å². The number of nitrogens with two attached hydrogens (primary N) is 1. The van der Waals surface area contributed by atoms with Gasteiger partial charge in [0, 0.05) is 16.9 Å². The fourth-order valence-electron chi connectivity index (χ4n) is 2.64. The molecule has 1 atom stereocenters. The molecule has 14 heteroatoms. The van der Waals surface area contributed by atoms with E-state index in [0.717, 1.165) is 0 Å². The number of benzene rings is 1. The Bertz CT molecular complexity index is 955. The zero-order valence-corrected chi connectivity index (χ0v) is 23.8. The topological polar surface area (TPSA) is 185 Å². The molecule has 1 unspecified atom stereocenters. The summed E-state index contributed by atoms with van der Waals surface area (Å²) >= 11 is 5.59. The quantitative estimate of drug-likeness (QED) is 0.0916. The van der Waals surface area contributed by atoms with E-state index < -0.39 is 35.8 Å². The average molecular weight is 801 g/mol. The van der Waals surface area contributed by atoms with Crippen molar-refractivity contribution in [2.45, 2.75) is 38.6 Å². The highest BCUT2D eigenvalue weighted by Gasteiger charge is 2.29. The van der Waals surface area contributed by atoms with Gasteiger partial charge in [-0.05, 0) is 80.6 Å². The van der Waals surface area contributed by atoms with Gasteiger partial charge in [0.1, 0.15) is 12.6 Å². The van der Waals surface area contributed by atoms with Crippen molar-refractivity contribution in [2.75, 3.05) is 18.9 Å². The minimum atomic E-state index is -1.26. The molecule has 0 radical (unpaired) electrons. The van der Waals surface area contributed by atoms with Crippen molar-refractivity contribution in [1.82, 2.24) is 10.6 Å². The molecular formula is C19H22I3N3O8. The molecule has 33 heavy (non-hydrogen) atoms. The van der Waals surface area contributed by atoms with Crippen LogP contribution in [0.3, 0.4) is 0 Å². The van der Waals surface area contributed by atoms with Gasteiger partial charge in [0.25, 0.3) is 11.8 Å². The van der Waals surface area contributed by atoms with Crippen molar-refractivity contribution in [3.05, 3.63) is 21.8 Å². The number of esters is 1. The molecule has 0 aliphatic heterocycles. The SMILES string of the molecule is CC(=O)OCCNC(=O)c1c(I)c(N)c(I)c(C(=O)NC(CCCCC(=O)O)C(=O)O)c1I. The Kier molecular flexibility index (Phi) is 12.6. The van der Waals surface area contributed by atoms with Crippen molar-refractivity contribution in [3.63, 3.8) is 0 Å². The highest BCUT2D eigenvalue weighted by molar-refractivity contribution is 14.1. The lowest BCUT2D eigenvalue weighted by molar-refractivity contribution is -0.141. The number of nitrogens with one attached hydrogen (secondary N) is 2. The number of nitrogen functional groups attached to an aromatic ring is 1. The Balaban J connectivity index is 3.11. The summed E-state index contributed by atoms with van der Waals surface area (Å²) in [6.07, 6.45) is 0.519. The molecule has 2 amide bonds. The lowest BCUT2D eigenvalue weighted by atomic mass is 10.1. The first-order valence-electron chi connectivity index (χ1n) is 9.51. The first-order valence-corrected chi connectivity index (χ1v) is 12.7. The number of hydrogen-bond acceptors (Lipinski definition) is 7. The number of rotatable bonds is 12. The predicted molar refractivity (Wildman–Crippen MR) is 143 cm³/mol. The van der Waals surface area contributed by atoms with Crippen LogP contribution in [0.2, 0.25) is 0 Å². The fraction of sp³-hybridized carbons (Fsp3) is 0.421. The maximum Gasteiger partial charge on any atom is 0.326 e. The number of hydrogen-bond donors (Lipinski definition) is 5. The van der Waals surface area contributed by atoms with Crippen LogP contribution in [0.15, 0.2) is 0 Å². The number of halogens is 3. The maximum absolute atomic E-state index is 13.0. The molecule has 0 saturated carbocycles. The van der Waals surface area contributed by atoms with Crippen LogP contribution in [0.4, 0.5) is 5.69 Å². The number of anilines is 1. The van der Waals surface area contributed by atoms with E-state index in [1.165, 1.54) is 6.92 Å². The highest BCUT2D eigenvalue weighted by atomic mass is 127. The van der Waals surface area contributed by atoms with Crippen molar-refractivity contribution in [2.24, 2.45) is 0 Å². The molecule has 11 nitrogen and oxygen atoms in total. The van der Waals surface area contributed by atoms with E-state index in [2.05, 4.69) is 10.6 Å². The Labute approximate surface area is 230 Å². The molecule has 0 bridgehead atoms. The summed E-state index contributed by atoms with van der Waals surface area (Å²) in [5.74, 6) is -3.97. The molecule has 0 saturated heterocycles. The highest BCUT2D eigenvalue weighted by Crippen LogP contribution is 2.34. The lowest BCUT2D eigenvalue weighted by Crippen LogP contribution is -2.41. The van der Waals surface area contributed by atoms with Gasteiger partial charge in [-0.1, -0.05) is 6.42 Å². The van der Waals surface area contributed by atoms with Crippen molar-refractivity contribution < 1.29 is 38.9 Å². The molecule has 0 aliphatic rings. The van der Waals surface area contributed by atoms with Gasteiger partial charge in [0.05, 0.1) is 30.5 Å². The van der Waals surface area contributed by atoms with Gasteiger partial charge >= 0.3 is 17.9 Å². The number of carbonyl (C=O) groups is 5. The van der Waals surface area contributed by atoms with Crippen LogP contribution in [0.25, 0.3) is 0 Å². The molecule has 0 aliphatic carbocycles. The normalized spacial score (nSPS) is 11.4. The third-order valence-corrected chi connectivity index (χ3v) is 7.55. The monoisotopic (exact) mass is 801 g/mol. The van der Waals surface area contributed by atoms with Crippen LogP contribution in [0.1, 0.15) is 53.3 Å². The van der Waals surface area contributed by atoms with E-state index in [4.69, 9.17) is 15.6 Å². The predicted octanol–water partition coefficient (Wildman–Crippen LogP) is 2.20. The van der Waals surface area contributed by atoms with E-state index in [0.29, 0.717) is 13.6 Å². The van der Waals surface area contributed by atoms with Crippen LogP contribution in [0.5, 0.6) is 0 Å². The summed E-state index contributed by atoms with van der Waals surface area (Å²) in [7, 11) is 0. The van der Waals surface area contributed by atoms with E-state index in [-0.39, 0.29) is 52.8 Å². The summed E-state index contributed by atoms with van der Waals surface area (Å²) in [6.45, 7) is 1.27. The smallest absolute Gasteiger partial charge is 0.326 e. The van der Waals surface area contributed by atoms with Crippen molar-refractivity contribution in [3.8, 4) is 0 Å². The second-order valence-electron chi connectivity index (χ2n) is 6.71. The number of amides is 2. The van der Waals surface area contributed by atoms with Crippen LogP contribution < -0.4 is 16.4 Å². The molecule has 1 aromatic carbocycles. The van der Waals surface area contributed by atoms with Crippen LogP contribution in [-0.2, 0) is 19.1 Å². The number of ether oxygens (including phenoxy) is 1. The largest absolute Gasteiger partial charge is 0.481 e. The molecule has 0 spiro atoms. The Morgan fingerprint density at radius 2 is 1.55 bits per heavy atom. The molecule has 0 aromatic heterocycles. The Morgan fingerprint density at radius 3 is 2.06 bits per heavy atom. The summed E-state index contributed by atoms with van der Waals surface area (Å²) in [5, 5.41) is 23.2. The van der Waals surface area contributed by atoms with Gasteiger partial charge in [0.15, 0.2) is 0 Å². The summed E-state index contributed by atoms with van der Waals surface area (Å²) in [6, 6.07) is -1.24. The first-order chi connectivity index (χ1) is 15.4. The average Bonchev–Trinajstić information content (AvgIpc) is 2.71. The molecule has 1 aromatic rings. The fourth-order valence-corrected chi connectivity index (χ4v) is 6.79. The van der Waals surface area contributed by atoms with Gasteiger partial charge in [-0.25, -0.2) is 4.79 Å². The molecular weight excluding hydrogens is 779 g/mol. The Morgan fingerprint density at radius 1 is 0.970 bits per heavy atom. The number of aliphatic carboxylic acids is 2. The second kappa shape index (κ2) is 14.1. The third-order valence-electron chi connectivity index (χ3n) is 4.23. The molecule has 0 fully saturated rings. The maximum atomic E-state index is 13.0. The minimum Gasteiger partial charge on any atom is -0.481 e. The number of carboxylic acid groups (broad SMARTS) is 2. The summed E-state index contributed by atoms with van der Waals surface area (Å²) in [5.41, 5.74) is 6.53. The molecule has 6 N–H and O–H groups in total. The van der Waals surface area contributed by atoms with Crippen molar-refractivity contribution >= 4 is 103 Å². The van der Waals surface area contributed by atoms with Gasteiger partial charge in [-0.15, -0.1) is 0 Å². The Hall–Kier alpha value is -1.44. The van der Waals surface area contributed by atoms with Crippen LogP contribution in [-0.4, -0.2) is 59.1 Å². The zero-order chi connectivity index (χ0) is 25.3. The van der Waals surface area contributed by atoms with E-state index >= 15 is 0 Å². The van der Waals surface area contributed by atoms with Gasteiger partial charge in [-0.3, -0.25) is 19.2 Å². The van der Waals surface area contributed by atoms with Crippen LogP contribution in [0, 0.1) is 10.7 Å². The van der Waals surface area contributed by atoms with Gasteiger partial charge in [0.2, 0.25) is 0 Å². The zero-order valence-electron chi connectivity index (χ0n) is 17.4. The van der Waals surface area contributed by atoms with Gasteiger partial charge < -0.3 is 31.3 Å². The van der Waals surface area contributed by atoms with E-state index in [1.807, 2.05) is 67.8 Å². The minimum absolute atomic E-state index is 0.0242. The number of carboxylic acids is 2. The van der Waals surface area contributed by atoms with Crippen LogP contribution >= 0.6 is 67.8 Å². The van der Waals surface area contributed by atoms with Crippen molar-refractivity contribution in [1.29, 1.82) is 0 Å². The van der Waals surface area contributed by atoms with Gasteiger partial charge in [-0.2, -0.15) is 0 Å². The number of unbranched alkanes of at least 4 members (excludes halogenated alkanes) is 1. The lowest BCUT2D eigenvalue weighted by Gasteiger charge is -2.19. The second-order valence-corrected chi connectivity index (χ2v) is 9.94. The third kappa shape index (κ3) is 9.02. The summed E-state index contributed by atoms with van der Waals surface area (Å²) < 4.78 is 5.85. The summed E-state index contributed by atoms with van der Waals surface area (Å²) in [4.78, 5) is 58.8. The number of carbonyl (C=O) groups excluding carboxylic acids is 3. The molecule has 182 valence electrons. The first kappa shape index (κ1) is 29.6.